The van der Waals surface area contributed by atoms with Crippen LogP contribution in [0.4, 0.5) is 13.6 Å². The molecule has 0 atom stereocenters. The number of halogens is 2. The molecule has 11 heteroatoms. The Kier molecular flexibility index (Phi) is 6.44. The van der Waals surface area contributed by atoms with Crippen LogP contribution in [0.25, 0.3) is 0 Å². The highest BCUT2D eigenvalue weighted by molar-refractivity contribution is 5.67. The fraction of sp³-hybridized carbons (Fsp3) is 0.190. The van der Waals surface area contributed by atoms with Gasteiger partial charge in [-0.2, -0.15) is 0 Å². The molecule has 1 N–H and O–H groups in total. The first-order valence-corrected chi connectivity index (χ1v) is 9.72. The van der Waals surface area contributed by atoms with Crippen LogP contribution >= 0.6 is 0 Å². The van der Waals surface area contributed by atoms with Gasteiger partial charge in [-0.05, 0) is 12.1 Å². The van der Waals surface area contributed by atoms with Crippen molar-refractivity contribution < 1.29 is 18.3 Å². The van der Waals surface area contributed by atoms with E-state index in [4.69, 9.17) is 4.74 Å². The van der Waals surface area contributed by atoms with Crippen molar-refractivity contribution in [2.75, 3.05) is 0 Å². The standard InChI is InChI=1S/C21H19F2N7O2/c22-19-7-3-1-5-15(19)10-29-12-17(25-27-29)9-24-21(31)32-14-18-13-30(28-26-18)11-16-6-2-4-8-20(16)23/h1-8,12-13H,9-11,14H2,(H,24,31). The van der Waals surface area contributed by atoms with Crippen LogP contribution in [0.3, 0.4) is 0 Å². The topological polar surface area (TPSA) is 99.8 Å². The molecular formula is C21H19F2N7O2. The number of benzene rings is 2. The molecule has 0 aliphatic heterocycles. The van der Waals surface area contributed by atoms with Crippen LogP contribution in [0.5, 0.6) is 0 Å². The van der Waals surface area contributed by atoms with Gasteiger partial charge in [0.05, 0.1) is 32.0 Å². The van der Waals surface area contributed by atoms with E-state index in [1.807, 2.05) is 0 Å². The minimum atomic E-state index is -0.669. The molecule has 32 heavy (non-hydrogen) atoms. The van der Waals surface area contributed by atoms with Crippen LogP contribution in [0, 0.1) is 11.6 Å². The molecule has 0 fully saturated rings. The maximum Gasteiger partial charge on any atom is 0.407 e. The monoisotopic (exact) mass is 439 g/mol. The predicted octanol–water partition coefficient (Wildman–Crippen LogP) is 2.67. The average Bonchev–Trinajstić information content (AvgIpc) is 3.43. The zero-order valence-corrected chi connectivity index (χ0v) is 16.9. The number of ether oxygens (including phenoxy) is 1. The lowest BCUT2D eigenvalue weighted by atomic mass is 10.2. The third-order valence-electron chi connectivity index (χ3n) is 4.52. The summed E-state index contributed by atoms with van der Waals surface area (Å²) in [6.45, 7) is 0.445. The first-order valence-electron chi connectivity index (χ1n) is 9.72. The Labute approximate surface area is 181 Å². The van der Waals surface area contributed by atoms with E-state index in [0.717, 1.165) is 0 Å². The number of hydrogen-bond donors (Lipinski definition) is 1. The molecule has 9 nitrogen and oxygen atoms in total. The van der Waals surface area contributed by atoms with Crippen molar-refractivity contribution in [3.05, 3.63) is 95.1 Å². The summed E-state index contributed by atoms with van der Waals surface area (Å²) in [5.41, 5.74) is 1.88. The molecule has 4 aromatic rings. The van der Waals surface area contributed by atoms with Gasteiger partial charge in [0.25, 0.3) is 0 Å². The summed E-state index contributed by atoms with van der Waals surface area (Å²) in [5.74, 6) is -0.650. The maximum absolute atomic E-state index is 13.7. The molecule has 0 radical (unpaired) electrons. The van der Waals surface area contributed by atoms with Crippen molar-refractivity contribution in [1.29, 1.82) is 0 Å². The number of aromatic nitrogens is 6. The summed E-state index contributed by atoms with van der Waals surface area (Å²) in [4.78, 5) is 11.9. The first kappa shape index (κ1) is 21.1. The summed E-state index contributed by atoms with van der Waals surface area (Å²) in [7, 11) is 0. The number of nitrogens with one attached hydrogen (secondary N) is 1. The Morgan fingerprint density at radius 2 is 1.38 bits per heavy atom. The van der Waals surface area contributed by atoms with Crippen LogP contribution in [0.1, 0.15) is 22.5 Å². The van der Waals surface area contributed by atoms with Gasteiger partial charge in [-0.3, -0.25) is 0 Å². The van der Waals surface area contributed by atoms with E-state index < -0.39 is 6.09 Å². The number of nitrogens with zero attached hydrogens (tertiary/aromatic N) is 6. The third-order valence-corrected chi connectivity index (χ3v) is 4.52. The fourth-order valence-corrected chi connectivity index (χ4v) is 2.93. The molecule has 1 amide bonds. The minimum absolute atomic E-state index is 0.0933. The van der Waals surface area contributed by atoms with Crippen LogP contribution < -0.4 is 5.32 Å². The smallest absolute Gasteiger partial charge is 0.407 e. The number of alkyl carbamates (subject to hydrolysis) is 1. The van der Waals surface area contributed by atoms with Gasteiger partial charge in [-0.15, -0.1) is 10.2 Å². The molecule has 164 valence electrons. The molecule has 2 aromatic carbocycles. The zero-order valence-electron chi connectivity index (χ0n) is 16.9. The number of carbonyl (C=O) groups excluding carboxylic acids is 1. The molecule has 0 unspecified atom stereocenters. The number of hydrogen-bond acceptors (Lipinski definition) is 6. The third kappa shape index (κ3) is 5.50. The normalized spacial score (nSPS) is 10.8. The van der Waals surface area contributed by atoms with Crippen molar-refractivity contribution in [3.8, 4) is 0 Å². The van der Waals surface area contributed by atoms with Crippen LogP contribution in [0.2, 0.25) is 0 Å². The molecule has 0 saturated heterocycles. The van der Waals surface area contributed by atoms with Gasteiger partial charge in [0, 0.05) is 11.1 Å². The fourth-order valence-electron chi connectivity index (χ4n) is 2.93. The largest absolute Gasteiger partial charge is 0.443 e. The van der Waals surface area contributed by atoms with Gasteiger partial charge < -0.3 is 10.1 Å². The van der Waals surface area contributed by atoms with Crippen molar-refractivity contribution in [3.63, 3.8) is 0 Å². The molecule has 0 aliphatic carbocycles. The summed E-state index contributed by atoms with van der Waals surface area (Å²) in [5, 5.41) is 18.3. The lowest BCUT2D eigenvalue weighted by Gasteiger charge is -2.04. The van der Waals surface area contributed by atoms with Gasteiger partial charge in [-0.25, -0.2) is 22.9 Å². The molecular weight excluding hydrogens is 420 g/mol. The lowest BCUT2D eigenvalue weighted by molar-refractivity contribution is 0.137. The van der Waals surface area contributed by atoms with Gasteiger partial charge in [0.2, 0.25) is 0 Å². The quantitative estimate of drug-likeness (QED) is 0.453. The van der Waals surface area contributed by atoms with Crippen molar-refractivity contribution in [1.82, 2.24) is 35.3 Å². The van der Waals surface area contributed by atoms with Crippen molar-refractivity contribution >= 4 is 6.09 Å². The van der Waals surface area contributed by atoms with E-state index in [1.54, 1.807) is 48.8 Å². The lowest BCUT2D eigenvalue weighted by Crippen LogP contribution is -2.23. The van der Waals surface area contributed by atoms with Crippen molar-refractivity contribution in [2.45, 2.75) is 26.2 Å². The predicted molar refractivity (Wildman–Crippen MR) is 108 cm³/mol. The second kappa shape index (κ2) is 9.77. The highest BCUT2D eigenvalue weighted by Crippen LogP contribution is 2.09. The second-order valence-corrected chi connectivity index (χ2v) is 6.93. The number of amides is 1. The van der Waals surface area contributed by atoms with Crippen LogP contribution in [-0.2, 0) is 31.0 Å². The van der Waals surface area contributed by atoms with E-state index >= 15 is 0 Å². The van der Waals surface area contributed by atoms with Crippen LogP contribution in [-0.4, -0.2) is 36.1 Å². The molecule has 0 saturated carbocycles. The summed E-state index contributed by atoms with van der Waals surface area (Å²) < 4.78 is 35.5. The van der Waals surface area contributed by atoms with Gasteiger partial charge in [-0.1, -0.05) is 46.8 Å². The molecule has 0 spiro atoms. The van der Waals surface area contributed by atoms with E-state index in [0.29, 0.717) is 22.5 Å². The van der Waals surface area contributed by atoms with Gasteiger partial charge in [0.15, 0.2) is 0 Å². The zero-order chi connectivity index (χ0) is 22.3. The summed E-state index contributed by atoms with van der Waals surface area (Å²) in [6, 6.07) is 12.8. The van der Waals surface area contributed by atoms with Gasteiger partial charge >= 0.3 is 6.09 Å². The van der Waals surface area contributed by atoms with E-state index in [2.05, 4.69) is 25.9 Å². The highest BCUT2D eigenvalue weighted by Gasteiger charge is 2.10. The highest BCUT2D eigenvalue weighted by atomic mass is 19.1. The Morgan fingerprint density at radius 3 is 1.97 bits per heavy atom. The molecule has 0 aliphatic rings. The first-order chi connectivity index (χ1) is 15.6. The Morgan fingerprint density at radius 1 is 0.844 bits per heavy atom. The number of rotatable bonds is 8. The van der Waals surface area contributed by atoms with E-state index in [1.165, 1.54) is 21.5 Å². The molecule has 2 aromatic heterocycles. The molecule has 4 rings (SSSR count). The summed E-state index contributed by atoms with van der Waals surface area (Å²) in [6.07, 6.45) is 2.52. The SMILES string of the molecule is O=C(NCc1cn(Cc2ccccc2F)nn1)OCc1cn(Cc2ccccc2F)nn1. The average molecular weight is 439 g/mol. The summed E-state index contributed by atoms with van der Waals surface area (Å²) >= 11 is 0. The minimum Gasteiger partial charge on any atom is -0.443 e. The van der Waals surface area contributed by atoms with Gasteiger partial charge in [0.1, 0.15) is 29.6 Å². The van der Waals surface area contributed by atoms with Crippen molar-refractivity contribution in [2.24, 2.45) is 0 Å². The second-order valence-electron chi connectivity index (χ2n) is 6.93. The maximum atomic E-state index is 13.7. The molecule has 2 heterocycles. The number of carbonyl (C=O) groups is 1. The van der Waals surface area contributed by atoms with E-state index in [9.17, 15) is 13.6 Å². The Hall–Kier alpha value is -4.15. The Bertz CT molecular complexity index is 1120. The van der Waals surface area contributed by atoms with Crippen LogP contribution in [0.15, 0.2) is 60.9 Å². The van der Waals surface area contributed by atoms with E-state index in [-0.39, 0.29) is 37.9 Å². The molecule has 0 bridgehead atoms. The Balaban J connectivity index is 1.22.